The molecular formula is C29H38N2O3. The zero-order chi connectivity index (χ0) is 23.3. The van der Waals surface area contributed by atoms with Gasteiger partial charge in [0.25, 0.3) is 0 Å². The average Bonchev–Trinajstić information content (AvgIpc) is 3.55. The van der Waals surface area contributed by atoms with Gasteiger partial charge >= 0.3 is 5.97 Å². The number of fused-ring (bicyclic) bond motifs is 1. The van der Waals surface area contributed by atoms with Crippen LogP contribution in [-0.2, 0) is 35.2 Å². The van der Waals surface area contributed by atoms with Crippen molar-refractivity contribution in [3.63, 3.8) is 0 Å². The Labute approximate surface area is 203 Å². The summed E-state index contributed by atoms with van der Waals surface area (Å²) in [5.74, 6) is -0.0109. The number of benzene rings is 1. The van der Waals surface area contributed by atoms with E-state index in [9.17, 15) is 9.90 Å². The number of aryl methyl sites for hydroxylation is 3. The Kier molecular flexibility index (Phi) is 7.60. The number of rotatable bonds is 11. The van der Waals surface area contributed by atoms with Gasteiger partial charge in [-0.25, -0.2) is 0 Å². The van der Waals surface area contributed by atoms with E-state index in [2.05, 4.69) is 23.1 Å². The Bertz CT molecular complexity index is 987. The molecule has 1 N–H and O–H groups in total. The van der Waals surface area contributed by atoms with Gasteiger partial charge < -0.3 is 9.84 Å². The van der Waals surface area contributed by atoms with Crippen molar-refractivity contribution in [1.29, 1.82) is 0 Å². The Morgan fingerprint density at radius 3 is 2.79 bits per heavy atom. The number of hydrogen-bond acceptors (Lipinski definition) is 4. The normalized spacial score (nSPS) is 21.4. The topological polar surface area (TPSA) is 62.7 Å². The van der Waals surface area contributed by atoms with Crippen LogP contribution in [0.1, 0.15) is 79.1 Å². The second-order valence-corrected chi connectivity index (χ2v) is 10.4. The molecule has 2 atom stereocenters. The van der Waals surface area contributed by atoms with Crippen LogP contribution in [0.4, 0.5) is 0 Å². The van der Waals surface area contributed by atoms with Gasteiger partial charge in [-0.1, -0.05) is 30.3 Å². The molecule has 0 spiro atoms. The molecule has 5 rings (SSSR count). The van der Waals surface area contributed by atoms with E-state index >= 15 is 0 Å². The maximum absolute atomic E-state index is 12.3. The Balaban J connectivity index is 1.08. The van der Waals surface area contributed by atoms with Gasteiger partial charge in [-0.15, -0.1) is 0 Å². The average molecular weight is 463 g/mol. The van der Waals surface area contributed by atoms with E-state index in [0.717, 1.165) is 63.2 Å². The molecule has 34 heavy (non-hydrogen) atoms. The van der Waals surface area contributed by atoms with Crippen molar-refractivity contribution in [2.24, 2.45) is 5.92 Å². The quantitative estimate of drug-likeness (QED) is 0.468. The largest absolute Gasteiger partial charge is 0.480 e. The number of carbonyl (C=O) groups is 1. The minimum Gasteiger partial charge on any atom is -0.480 e. The van der Waals surface area contributed by atoms with Gasteiger partial charge in [-0.05, 0) is 99.3 Å². The number of carboxylic acids is 1. The Morgan fingerprint density at radius 1 is 1.09 bits per heavy atom. The summed E-state index contributed by atoms with van der Waals surface area (Å²) in [6.45, 7) is 2.21. The minimum atomic E-state index is -0.749. The molecule has 1 saturated heterocycles. The summed E-state index contributed by atoms with van der Waals surface area (Å²) >= 11 is 0. The summed E-state index contributed by atoms with van der Waals surface area (Å²) in [6.07, 6.45) is 12.6. The minimum absolute atomic E-state index is 0.124. The Morgan fingerprint density at radius 2 is 1.94 bits per heavy atom. The first-order valence-electron chi connectivity index (χ1n) is 13.3. The highest BCUT2D eigenvalue weighted by molar-refractivity contribution is 5.76. The van der Waals surface area contributed by atoms with Crippen LogP contribution >= 0.6 is 0 Å². The molecule has 2 heterocycles. The van der Waals surface area contributed by atoms with Crippen LogP contribution < -0.4 is 0 Å². The van der Waals surface area contributed by atoms with Crippen molar-refractivity contribution in [2.45, 2.75) is 82.8 Å². The fourth-order valence-corrected chi connectivity index (χ4v) is 5.66. The monoisotopic (exact) mass is 462 g/mol. The third-order valence-corrected chi connectivity index (χ3v) is 7.75. The zero-order valence-corrected chi connectivity index (χ0v) is 20.3. The molecule has 0 unspecified atom stereocenters. The van der Waals surface area contributed by atoms with E-state index in [0.29, 0.717) is 6.54 Å². The van der Waals surface area contributed by atoms with Crippen molar-refractivity contribution in [1.82, 2.24) is 9.88 Å². The van der Waals surface area contributed by atoms with Crippen molar-refractivity contribution in [3.8, 4) is 0 Å². The van der Waals surface area contributed by atoms with Gasteiger partial charge in [0.1, 0.15) is 6.04 Å². The van der Waals surface area contributed by atoms with Crippen molar-refractivity contribution in [2.75, 3.05) is 19.7 Å². The second-order valence-electron chi connectivity index (χ2n) is 10.4. The number of pyridine rings is 1. The van der Waals surface area contributed by atoms with Crippen molar-refractivity contribution < 1.29 is 14.6 Å². The molecule has 1 aliphatic heterocycles. The summed E-state index contributed by atoms with van der Waals surface area (Å²) < 4.78 is 6.18. The fourth-order valence-electron chi connectivity index (χ4n) is 5.66. The number of ether oxygens (including phenoxy) is 1. The first kappa shape index (κ1) is 23.5. The van der Waals surface area contributed by atoms with E-state index in [1.165, 1.54) is 54.6 Å². The van der Waals surface area contributed by atoms with Gasteiger partial charge in [-0.2, -0.15) is 0 Å². The van der Waals surface area contributed by atoms with Crippen molar-refractivity contribution in [3.05, 3.63) is 64.5 Å². The zero-order valence-electron chi connectivity index (χ0n) is 20.3. The standard InChI is InChI=1S/C29H38N2O3/c32-29(33)28(26-10-3-1-8-23(26)19-21-12-13-21)31-17-16-25(20-31)34-18-6-5-9-24-15-14-22-7-2-4-11-27(22)30-24/h1,3,8,10,14-15,21,25,28H,2,4-7,9,11-13,16-20H2,(H,32,33)/t25-,28-/m1/s1. The molecule has 5 heteroatoms. The van der Waals surface area contributed by atoms with Crippen LogP contribution in [-0.4, -0.2) is 46.8 Å². The lowest BCUT2D eigenvalue weighted by molar-refractivity contribution is -0.143. The molecule has 0 bridgehead atoms. The molecule has 1 aromatic carbocycles. The molecule has 0 amide bonds. The van der Waals surface area contributed by atoms with Crippen LogP contribution in [0.25, 0.3) is 0 Å². The van der Waals surface area contributed by atoms with E-state index < -0.39 is 12.0 Å². The summed E-state index contributed by atoms with van der Waals surface area (Å²) in [5.41, 5.74) is 6.15. The predicted molar refractivity (Wildman–Crippen MR) is 133 cm³/mol. The van der Waals surface area contributed by atoms with Gasteiger partial charge in [0, 0.05) is 31.1 Å². The smallest absolute Gasteiger partial charge is 0.325 e. The van der Waals surface area contributed by atoms with Gasteiger partial charge in [-0.3, -0.25) is 14.7 Å². The number of nitrogens with zero attached hydrogens (tertiary/aromatic N) is 2. The highest BCUT2D eigenvalue weighted by Crippen LogP contribution is 2.36. The molecule has 1 saturated carbocycles. The summed E-state index contributed by atoms with van der Waals surface area (Å²) in [6, 6.07) is 12.1. The molecule has 3 aliphatic rings. The van der Waals surface area contributed by atoms with E-state index in [1.807, 2.05) is 18.2 Å². The van der Waals surface area contributed by atoms with Crippen molar-refractivity contribution >= 4 is 5.97 Å². The lowest BCUT2D eigenvalue weighted by atomic mass is 9.95. The highest BCUT2D eigenvalue weighted by Gasteiger charge is 2.35. The fraction of sp³-hybridized carbons (Fsp3) is 0.586. The third-order valence-electron chi connectivity index (χ3n) is 7.75. The van der Waals surface area contributed by atoms with Gasteiger partial charge in [0.05, 0.1) is 6.10 Å². The van der Waals surface area contributed by atoms with E-state index in [4.69, 9.17) is 9.72 Å². The molecule has 5 nitrogen and oxygen atoms in total. The number of carboxylic acid groups (broad SMARTS) is 1. The summed E-state index contributed by atoms with van der Waals surface area (Å²) in [4.78, 5) is 19.3. The first-order chi connectivity index (χ1) is 16.7. The molecule has 1 aromatic heterocycles. The second kappa shape index (κ2) is 11.0. The first-order valence-corrected chi connectivity index (χ1v) is 13.3. The predicted octanol–water partition coefficient (Wildman–Crippen LogP) is 5.15. The summed E-state index contributed by atoms with van der Waals surface area (Å²) in [5, 5.41) is 10.1. The van der Waals surface area contributed by atoms with Crippen LogP contribution in [0, 0.1) is 5.92 Å². The SMILES string of the molecule is O=C(O)[C@@H](c1ccccc1CC1CC1)N1CC[C@@H](OCCCCc2ccc3c(n2)CCCC3)C1. The number of aromatic nitrogens is 1. The molecule has 2 aliphatic carbocycles. The van der Waals surface area contributed by atoms with Crippen LogP contribution in [0.3, 0.4) is 0 Å². The molecule has 2 fully saturated rings. The number of hydrogen-bond donors (Lipinski definition) is 1. The Hall–Kier alpha value is -2.24. The van der Waals surface area contributed by atoms with E-state index in [-0.39, 0.29) is 6.10 Å². The van der Waals surface area contributed by atoms with Crippen LogP contribution in [0.5, 0.6) is 0 Å². The molecule has 0 radical (unpaired) electrons. The highest BCUT2D eigenvalue weighted by atomic mass is 16.5. The van der Waals surface area contributed by atoms with Crippen LogP contribution in [0.15, 0.2) is 36.4 Å². The number of unbranched alkanes of at least 4 members (excludes halogenated alkanes) is 1. The van der Waals surface area contributed by atoms with E-state index in [1.54, 1.807) is 0 Å². The summed E-state index contributed by atoms with van der Waals surface area (Å²) in [7, 11) is 0. The number of likely N-dealkylation sites (tertiary alicyclic amines) is 1. The van der Waals surface area contributed by atoms with Gasteiger partial charge in [0.2, 0.25) is 0 Å². The third kappa shape index (κ3) is 5.87. The lowest BCUT2D eigenvalue weighted by Crippen LogP contribution is -2.34. The van der Waals surface area contributed by atoms with Gasteiger partial charge in [0.15, 0.2) is 0 Å². The molecule has 2 aromatic rings. The maximum Gasteiger partial charge on any atom is 0.325 e. The number of aliphatic carboxylic acids is 1. The maximum atomic E-state index is 12.3. The van der Waals surface area contributed by atoms with Crippen LogP contribution in [0.2, 0.25) is 0 Å². The lowest BCUT2D eigenvalue weighted by Gasteiger charge is -2.26. The molecule has 182 valence electrons. The molecular weight excluding hydrogens is 424 g/mol.